The molecule has 0 bridgehead atoms. The van der Waals surface area contributed by atoms with Crippen molar-refractivity contribution in [3.05, 3.63) is 54.0 Å². The second-order valence-electron chi connectivity index (χ2n) is 4.29. The van der Waals surface area contributed by atoms with E-state index in [1.807, 2.05) is 30.3 Å². The number of phenols is 1. The highest BCUT2D eigenvalue weighted by molar-refractivity contribution is 5.31. The van der Waals surface area contributed by atoms with Gasteiger partial charge in [0.05, 0.1) is 6.26 Å². The Balaban J connectivity index is 1.52. The summed E-state index contributed by atoms with van der Waals surface area (Å²) >= 11 is 0. The molecule has 0 radical (unpaired) electrons. The van der Waals surface area contributed by atoms with E-state index < -0.39 is 0 Å². The topological polar surface area (TPSA) is 54.6 Å². The Morgan fingerprint density at radius 3 is 2.84 bits per heavy atom. The highest BCUT2D eigenvalue weighted by Gasteiger charge is 1.98. The van der Waals surface area contributed by atoms with Crippen LogP contribution < -0.4 is 5.32 Å². The van der Waals surface area contributed by atoms with Gasteiger partial charge in [-0.1, -0.05) is 18.2 Å². The van der Waals surface area contributed by atoms with Crippen LogP contribution in [0.15, 0.2) is 47.1 Å². The number of benzene rings is 1. The van der Waals surface area contributed by atoms with E-state index in [0.29, 0.717) is 25.5 Å². The monoisotopic (exact) mass is 261 g/mol. The molecule has 2 aromatic rings. The van der Waals surface area contributed by atoms with Gasteiger partial charge in [-0.2, -0.15) is 0 Å². The van der Waals surface area contributed by atoms with Crippen molar-refractivity contribution in [3.8, 4) is 5.75 Å². The summed E-state index contributed by atoms with van der Waals surface area (Å²) in [4.78, 5) is 0. The molecule has 19 heavy (non-hydrogen) atoms. The number of furan rings is 1. The first kappa shape index (κ1) is 13.6. The van der Waals surface area contributed by atoms with E-state index in [0.717, 1.165) is 24.3 Å². The zero-order valence-corrected chi connectivity index (χ0v) is 10.8. The Morgan fingerprint density at radius 2 is 2.05 bits per heavy atom. The van der Waals surface area contributed by atoms with Crippen LogP contribution in [-0.2, 0) is 17.9 Å². The molecule has 0 saturated heterocycles. The number of hydrogen-bond acceptors (Lipinski definition) is 4. The minimum atomic E-state index is 0.337. The molecule has 1 aromatic heterocycles. The molecular weight excluding hydrogens is 242 g/mol. The minimum Gasteiger partial charge on any atom is -0.508 e. The van der Waals surface area contributed by atoms with E-state index in [1.54, 1.807) is 12.3 Å². The van der Waals surface area contributed by atoms with Gasteiger partial charge in [-0.05, 0) is 31.2 Å². The lowest BCUT2D eigenvalue weighted by molar-refractivity contribution is 0.104. The van der Waals surface area contributed by atoms with Crippen molar-refractivity contribution in [1.29, 1.82) is 0 Å². The molecule has 0 spiro atoms. The first-order chi connectivity index (χ1) is 9.36. The summed E-state index contributed by atoms with van der Waals surface area (Å²) in [6.45, 7) is 2.73. The number of para-hydroxylation sites is 1. The average molecular weight is 261 g/mol. The number of rotatable bonds is 8. The van der Waals surface area contributed by atoms with E-state index >= 15 is 0 Å². The normalized spacial score (nSPS) is 10.7. The number of aromatic hydroxyl groups is 1. The first-order valence-corrected chi connectivity index (χ1v) is 6.44. The molecule has 0 fully saturated rings. The van der Waals surface area contributed by atoms with Gasteiger partial charge in [0.2, 0.25) is 0 Å². The zero-order chi connectivity index (χ0) is 13.3. The second kappa shape index (κ2) is 7.61. The smallest absolute Gasteiger partial charge is 0.129 e. The first-order valence-electron chi connectivity index (χ1n) is 6.44. The van der Waals surface area contributed by atoms with Crippen LogP contribution in [0.4, 0.5) is 0 Å². The summed E-state index contributed by atoms with van der Waals surface area (Å²) in [5, 5.41) is 12.9. The Bertz CT molecular complexity index is 468. The van der Waals surface area contributed by atoms with Gasteiger partial charge in [0.1, 0.15) is 18.1 Å². The van der Waals surface area contributed by atoms with Crippen LogP contribution in [-0.4, -0.2) is 18.3 Å². The second-order valence-corrected chi connectivity index (χ2v) is 4.29. The molecule has 1 aromatic carbocycles. The summed E-state index contributed by atoms with van der Waals surface area (Å²) in [7, 11) is 0. The Kier molecular flexibility index (Phi) is 5.47. The lowest BCUT2D eigenvalue weighted by Crippen LogP contribution is -2.16. The zero-order valence-electron chi connectivity index (χ0n) is 10.8. The Labute approximate surface area is 113 Å². The van der Waals surface area contributed by atoms with Crippen molar-refractivity contribution in [2.75, 3.05) is 13.2 Å². The molecule has 0 amide bonds. The third-order valence-electron chi connectivity index (χ3n) is 2.77. The van der Waals surface area contributed by atoms with E-state index in [2.05, 4.69) is 5.32 Å². The average Bonchev–Trinajstić information content (AvgIpc) is 2.93. The van der Waals surface area contributed by atoms with Crippen LogP contribution in [0.2, 0.25) is 0 Å². The van der Waals surface area contributed by atoms with Crippen molar-refractivity contribution in [2.45, 2.75) is 19.6 Å². The highest BCUT2D eigenvalue weighted by Crippen LogP contribution is 2.14. The molecule has 0 aliphatic carbocycles. The maximum absolute atomic E-state index is 9.58. The van der Waals surface area contributed by atoms with Gasteiger partial charge >= 0.3 is 0 Å². The summed E-state index contributed by atoms with van der Waals surface area (Å²) < 4.78 is 10.6. The van der Waals surface area contributed by atoms with E-state index in [1.165, 1.54) is 0 Å². The van der Waals surface area contributed by atoms with Crippen molar-refractivity contribution in [3.63, 3.8) is 0 Å². The largest absolute Gasteiger partial charge is 0.508 e. The molecule has 2 rings (SSSR count). The van der Waals surface area contributed by atoms with Crippen molar-refractivity contribution < 1.29 is 14.3 Å². The van der Waals surface area contributed by atoms with Gasteiger partial charge in [0.15, 0.2) is 0 Å². The van der Waals surface area contributed by atoms with E-state index in [9.17, 15) is 5.11 Å². The molecule has 0 saturated carbocycles. The molecule has 0 unspecified atom stereocenters. The molecular formula is C15H19NO3. The summed E-state index contributed by atoms with van der Waals surface area (Å²) in [5.41, 5.74) is 0.916. The van der Waals surface area contributed by atoms with Crippen LogP contribution in [0.3, 0.4) is 0 Å². The number of nitrogens with one attached hydrogen (secondary N) is 1. The summed E-state index contributed by atoms with van der Waals surface area (Å²) in [6.07, 6.45) is 2.57. The third-order valence-corrected chi connectivity index (χ3v) is 2.77. The van der Waals surface area contributed by atoms with Crippen LogP contribution in [0, 0.1) is 0 Å². The van der Waals surface area contributed by atoms with E-state index in [-0.39, 0.29) is 0 Å². The van der Waals surface area contributed by atoms with Gasteiger partial charge in [0.25, 0.3) is 0 Å². The predicted octanol–water partition coefficient (Wildman–Crippen LogP) is 2.68. The number of phenolic OH excluding ortho intramolecular Hbond substituents is 1. The van der Waals surface area contributed by atoms with Crippen LogP contribution in [0.1, 0.15) is 17.7 Å². The van der Waals surface area contributed by atoms with Gasteiger partial charge in [0, 0.05) is 18.7 Å². The van der Waals surface area contributed by atoms with Gasteiger partial charge in [-0.3, -0.25) is 0 Å². The molecule has 4 nitrogen and oxygen atoms in total. The fraction of sp³-hybridized carbons (Fsp3) is 0.333. The quantitative estimate of drug-likeness (QED) is 0.717. The molecule has 0 atom stereocenters. The van der Waals surface area contributed by atoms with Crippen LogP contribution >= 0.6 is 0 Å². The third kappa shape index (κ3) is 4.77. The van der Waals surface area contributed by atoms with Crippen molar-refractivity contribution in [2.24, 2.45) is 0 Å². The minimum absolute atomic E-state index is 0.337. The lowest BCUT2D eigenvalue weighted by atomic mass is 10.2. The molecule has 1 heterocycles. The van der Waals surface area contributed by atoms with Crippen LogP contribution in [0.5, 0.6) is 5.75 Å². The number of hydrogen-bond donors (Lipinski definition) is 2. The highest BCUT2D eigenvalue weighted by atomic mass is 16.5. The van der Waals surface area contributed by atoms with Gasteiger partial charge in [-0.15, -0.1) is 0 Å². The SMILES string of the molecule is Oc1ccccc1CNCCCOCc1ccco1. The summed E-state index contributed by atoms with van der Waals surface area (Å²) in [5.74, 6) is 1.19. The van der Waals surface area contributed by atoms with Gasteiger partial charge in [-0.25, -0.2) is 0 Å². The van der Waals surface area contributed by atoms with E-state index in [4.69, 9.17) is 9.15 Å². The molecule has 102 valence electrons. The maximum Gasteiger partial charge on any atom is 0.129 e. The lowest BCUT2D eigenvalue weighted by Gasteiger charge is -2.06. The standard InChI is InChI=1S/C15H19NO3/c17-15-7-2-1-5-13(15)11-16-8-4-9-18-12-14-6-3-10-19-14/h1-3,5-7,10,16-17H,4,8-9,11-12H2. The fourth-order valence-corrected chi connectivity index (χ4v) is 1.75. The maximum atomic E-state index is 9.58. The molecule has 2 N–H and O–H groups in total. The Hall–Kier alpha value is -1.78. The molecule has 4 heteroatoms. The van der Waals surface area contributed by atoms with Crippen molar-refractivity contribution in [1.82, 2.24) is 5.32 Å². The van der Waals surface area contributed by atoms with Crippen molar-refractivity contribution >= 4 is 0 Å². The van der Waals surface area contributed by atoms with Crippen LogP contribution in [0.25, 0.3) is 0 Å². The number of ether oxygens (including phenoxy) is 1. The fourth-order valence-electron chi connectivity index (χ4n) is 1.75. The summed E-state index contributed by atoms with van der Waals surface area (Å²) in [6, 6.07) is 11.1. The molecule has 0 aliphatic heterocycles. The molecule has 0 aliphatic rings. The predicted molar refractivity (Wildman–Crippen MR) is 72.8 cm³/mol. The Morgan fingerprint density at radius 1 is 1.16 bits per heavy atom. The van der Waals surface area contributed by atoms with Gasteiger partial charge < -0.3 is 19.6 Å².